The van der Waals surface area contributed by atoms with Gasteiger partial charge < -0.3 is 10.6 Å². The number of pyridine rings is 1. The first-order chi connectivity index (χ1) is 9.70. The monoisotopic (exact) mass is 269 g/mol. The van der Waals surface area contributed by atoms with Gasteiger partial charge in [-0.05, 0) is 44.9 Å². The van der Waals surface area contributed by atoms with Gasteiger partial charge in [0.25, 0.3) is 0 Å². The topological polar surface area (TPSA) is 42.1 Å². The lowest BCUT2D eigenvalue weighted by atomic mass is 10.1. The minimum absolute atomic E-state index is 0.681. The maximum Gasteiger partial charge on any atom is 0.0451 e. The molecule has 3 nitrogen and oxygen atoms in total. The zero-order valence-corrected chi connectivity index (χ0v) is 12.4. The fourth-order valence-corrected chi connectivity index (χ4v) is 3.44. The fraction of sp³-hybridized carbons (Fsp3) is 0.471. The van der Waals surface area contributed by atoms with Gasteiger partial charge in [0.2, 0.25) is 0 Å². The highest BCUT2D eigenvalue weighted by Gasteiger charge is 2.23. The first kappa shape index (κ1) is 13.2. The number of hydrogen-bond donors (Lipinski definition) is 1. The van der Waals surface area contributed by atoms with Crippen LogP contribution in [0.3, 0.4) is 0 Å². The van der Waals surface area contributed by atoms with Crippen molar-refractivity contribution in [2.24, 2.45) is 0 Å². The van der Waals surface area contributed by atoms with Crippen LogP contribution in [0.5, 0.6) is 0 Å². The van der Waals surface area contributed by atoms with Crippen molar-refractivity contribution < 1.29 is 0 Å². The maximum absolute atomic E-state index is 6.11. The molecule has 0 atom stereocenters. The summed E-state index contributed by atoms with van der Waals surface area (Å²) in [5.41, 5.74) is 9.29. The Morgan fingerprint density at radius 1 is 1.25 bits per heavy atom. The smallest absolute Gasteiger partial charge is 0.0451 e. The van der Waals surface area contributed by atoms with E-state index in [0.717, 1.165) is 23.3 Å². The average Bonchev–Trinajstić information content (AvgIpc) is 2.96. The number of aromatic nitrogens is 1. The third-order valence-corrected chi connectivity index (χ3v) is 4.46. The minimum Gasteiger partial charge on any atom is -0.398 e. The molecule has 0 bridgehead atoms. The van der Waals surface area contributed by atoms with E-state index in [4.69, 9.17) is 5.73 Å². The third kappa shape index (κ3) is 2.21. The highest BCUT2D eigenvalue weighted by Crippen LogP contribution is 2.35. The molecule has 0 spiro atoms. The van der Waals surface area contributed by atoms with Crippen LogP contribution in [0.4, 0.5) is 11.4 Å². The molecule has 0 radical (unpaired) electrons. The lowest BCUT2D eigenvalue weighted by molar-refractivity contribution is 0.621. The summed E-state index contributed by atoms with van der Waals surface area (Å²) < 4.78 is 0. The van der Waals surface area contributed by atoms with E-state index in [1.807, 2.05) is 19.2 Å². The Balaban J connectivity index is 2.14. The number of rotatable bonds is 3. The largest absolute Gasteiger partial charge is 0.398 e. The molecule has 0 amide bonds. The van der Waals surface area contributed by atoms with Crippen molar-refractivity contribution in [3.8, 4) is 0 Å². The standard InChI is InChI=1S/C17H23N3/c1-3-20(13-6-4-5-7-13)17-9-8-16(18)15-11-19-12(2)10-14(15)17/h8-11,13H,3-7,18H2,1-2H3. The molecule has 0 aliphatic heterocycles. The number of nitrogens with zero attached hydrogens (tertiary/aromatic N) is 2. The Morgan fingerprint density at radius 2 is 2.00 bits per heavy atom. The summed E-state index contributed by atoms with van der Waals surface area (Å²) in [7, 11) is 0. The zero-order chi connectivity index (χ0) is 14.1. The lowest BCUT2D eigenvalue weighted by Gasteiger charge is -2.31. The Morgan fingerprint density at radius 3 is 2.70 bits per heavy atom. The van der Waals surface area contributed by atoms with Gasteiger partial charge in [0, 0.05) is 46.6 Å². The van der Waals surface area contributed by atoms with Crippen LogP contribution in [0, 0.1) is 6.92 Å². The highest BCUT2D eigenvalue weighted by molar-refractivity contribution is 6.01. The normalized spacial score (nSPS) is 15.9. The first-order valence-corrected chi connectivity index (χ1v) is 7.62. The van der Waals surface area contributed by atoms with E-state index in [1.165, 1.54) is 36.8 Å². The van der Waals surface area contributed by atoms with Crippen LogP contribution in [0.15, 0.2) is 24.4 Å². The van der Waals surface area contributed by atoms with Gasteiger partial charge in [0.1, 0.15) is 0 Å². The summed E-state index contributed by atoms with van der Waals surface area (Å²) in [4.78, 5) is 6.94. The Hall–Kier alpha value is -1.77. The third-order valence-electron chi connectivity index (χ3n) is 4.46. The van der Waals surface area contributed by atoms with E-state index >= 15 is 0 Å². The summed E-state index contributed by atoms with van der Waals surface area (Å²) in [6, 6.07) is 7.05. The molecule has 1 aromatic carbocycles. The van der Waals surface area contributed by atoms with E-state index in [-0.39, 0.29) is 0 Å². The first-order valence-electron chi connectivity index (χ1n) is 7.62. The minimum atomic E-state index is 0.681. The van der Waals surface area contributed by atoms with Gasteiger partial charge in [-0.1, -0.05) is 12.8 Å². The van der Waals surface area contributed by atoms with Crippen molar-refractivity contribution >= 4 is 22.1 Å². The van der Waals surface area contributed by atoms with Crippen LogP contribution in [-0.2, 0) is 0 Å². The summed E-state index contributed by atoms with van der Waals surface area (Å²) in [5, 5.41) is 2.32. The van der Waals surface area contributed by atoms with E-state index in [9.17, 15) is 0 Å². The van der Waals surface area contributed by atoms with Gasteiger partial charge in [-0.25, -0.2) is 0 Å². The van der Waals surface area contributed by atoms with Crippen LogP contribution < -0.4 is 10.6 Å². The number of aryl methyl sites for hydroxylation is 1. The van der Waals surface area contributed by atoms with Crippen molar-refractivity contribution in [1.29, 1.82) is 0 Å². The summed E-state index contributed by atoms with van der Waals surface area (Å²) in [6.07, 6.45) is 7.24. The number of anilines is 2. The van der Waals surface area contributed by atoms with Gasteiger partial charge in [-0.3, -0.25) is 4.98 Å². The maximum atomic E-state index is 6.11. The summed E-state index contributed by atoms with van der Waals surface area (Å²) >= 11 is 0. The predicted octanol–water partition coefficient (Wildman–Crippen LogP) is 3.89. The molecule has 1 aromatic heterocycles. The second-order valence-electron chi connectivity index (χ2n) is 5.77. The van der Waals surface area contributed by atoms with Crippen LogP contribution in [0.25, 0.3) is 10.8 Å². The van der Waals surface area contributed by atoms with Gasteiger partial charge in [0.05, 0.1) is 0 Å². The molecule has 1 fully saturated rings. The van der Waals surface area contributed by atoms with E-state index in [0.29, 0.717) is 6.04 Å². The van der Waals surface area contributed by atoms with Crippen LogP contribution >= 0.6 is 0 Å². The van der Waals surface area contributed by atoms with Crippen LogP contribution in [0.2, 0.25) is 0 Å². The SMILES string of the molecule is CCN(c1ccc(N)c2cnc(C)cc12)C1CCCC1. The second-order valence-corrected chi connectivity index (χ2v) is 5.77. The van der Waals surface area contributed by atoms with Crippen LogP contribution in [0.1, 0.15) is 38.3 Å². The average molecular weight is 269 g/mol. The van der Waals surface area contributed by atoms with Gasteiger partial charge in [0.15, 0.2) is 0 Å². The van der Waals surface area contributed by atoms with Crippen molar-refractivity contribution in [1.82, 2.24) is 4.98 Å². The molecule has 2 N–H and O–H groups in total. The van der Waals surface area contributed by atoms with Crippen molar-refractivity contribution in [2.45, 2.75) is 45.6 Å². The molecular weight excluding hydrogens is 246 g/mol. The Kier molecular flexibility index (Phi) is 3.51. The molecule has 0 unspecified atom stereocenters. The van der Waals surface area contributed by atoms with E-state index in [2.05, 4.69) is 28.9 Å². The Bertz CT molecular complexity index is 615. The zero-order valence-electron chi connectivity index (χ0n) is 12.4. The molecular formula is C17H23N3. The van der Waals surface area contributed by atoms with Crippen LogP contribution in [-0.4, -0.2) is 17.6 Å². The van der Waals surface area contributed by atoms with E-state index in [1.54, 1.807) is 0 Å². The van der Waals surface area contributed by atoms with Crippen molar-refractivity contribution in [2.75, 3.05) is 17.2 Å². The number of nitrogens with two attached hydrogens (primary N) is 1. The Labute approximate surface area is 120 Å². The quantitative estimate of drug-likeness (QED) is 0.859. The summed E-state index contributed by atoms with van der Waals surface area (Å²) in [5.74, 6) is 0. The lowest BCUT2D eigenvalue weighted by Crippen LogP contribution is -2.33. The second kappa shape index (κ2) is 5.31. The molecule has 1 saturated carbocycles. The number of hydrogen-bond acceptors (Lipinski definition) is 3. The molecule has 0 saturated heterocycles. The molecule has 3 heteroatoms. The van der Waals surface area contributed by atoms with E-state index < -0.39 is 0 Å². The summed E-state index contributed by atoms with van der Waals surface area (Å²) in [6.45, 7) is 5.33. The molecule has 106 valence electrons. The van der Waals surface area contributed by atoms with Crippen molar-refractivity contribution in [3.63, 3.8) is 0 Å². The number of fused-ring (bicyclic) bond motifs is 1. The molecule has 1 aliphatic carbocycles. The van der Waals surface area contributed by atoms with Gasteiger partial charge in [-0.15, -0.1) is 0 Å². The predicted molar refractivity (Wildman–Crippen MR) is 86.2 cm³/mol. The molecule has 1 heterocycles. The number of nitrogen functional groups attached to an aromatic ring is 1. The fourth-order valence-electron chi connectivity index (χ4n) is 3.44. The number of benzene rings is 1. The molecule has 3 rings (SSSR count). The molecule has 1 aliphatic rings. The van der Waals surface area contributed by atoms with Gasteiger partial charge in [-0.2, -0.15) is 0 Å². The van der Waals surface area contributed by atoms with Gasteiger partial charge >= 0.3 is 0 Å². The molecule has 2 aromatic rings. The highest BCUT2D eigenvalue weighted by atomic mass is 15.2. The van der Waals surface area contributed by atoms with Crippen molar-refractivity contribution in [3.05, 3.63) is 30.1 Å². The molecule has 20 heavy (non-hydrogen) atoms.